The zero-order valence-electron chi connectivity index (χ0n) is 7.47. The van der Waals surface area contributed by atoms with E-state index in [4.69, 9.17) is 11.0 Å². The summed E-state index contributed by atoms with van der Waals surface area (Å²) in [7, 11) is 0. The van der Waals surface area contributed by atoms with Gasteiger partial charge in [0.05, 0.1) is 27.3 Å². The molecule has 0 aliphatic heterocycles. The molecule has 4 heteroatoms. The van der Waals surface area contributed by atoms with Gasteiger partial charge in [0.1, 0.15) is 0 Å². The third-order valence-corrected chi connectivity index (χ3v) is 2.96. The average molecular weight is 203 g/mol. The number of hydrogen-bond donors (Lipinski definition) is 1. The fourth-order valence-corrected chi connectivity index (χ4v) is 2.27. The summed E-state index contributed by atoms with van der Waals surface area (Å²) < 4.78 is 1.15. The number of nitrogens with two attached hydrogens (primary N) is 1. The Kier molecular flexibility index (Phi) is 2.44. The molecule has 0 radical (unpaired) electrons. The van der Waals surface area contributed by atoms with E-state index < -0.39 is 6.04 Å². The first-order valence-corrected chi connectivity index (χ1v) is 5.11. The van der Waals surface area contributed by atoms with Gasteiger partial charge in [-0.15, -0.1) is 11.3 Å². The van der Waals surface area contributed by atoms with E-state index in [-0.39, 0.29) is 0 Å². The van der Waals surface area contributed by atoms with Gasteiger partial charge in [0.25, 0.3) is 0 Å². The number of nitriles is 1. The molecular formula is C10H9N3S. The van der Waals surface area contributed by atoms with Crippen LogP contribution in [0.4, 0.5) is 0 Å². The van der Waals surface area contributed by atoms with Crippen LogP contribution in [0.2, 0.25) is 0 Å². The molecule has 0 aliphatic carbocycles. The maximum absolute atomic E-state index is 8.57. The number of rotatable bonds is 2. The Balaban J connectivity index is 2.32. The van der Waals surface area contributed by atoms with Crippen LogP contribution >= 0.6 is 11.3 Å². The normalized spacial score (nSPS) is 12.6. The van der Waals surface area contributed by atoms with Crippen LogP contribution in [0.15, 0.2) is 24.3 Å². The van der Waals surface area contributed by atoms with Crippen molar-refractivity contribution in [3.8, 4) is 6.07 Å². The van der Waals surface area contributed by atoms with E-state index in [1.807, 2.05) is 30.3 Å². The number of benzene rings is 1. The van der Waals surface area contributed by atoms with Crippen LogP contribution in [-0.4, -0.2) is 11.0 Å². The quantitative estimate of drug-likeness (QED) is 0.807. The Labute approximate surface area is 85.8 Å². The molecule has 1 aromatic heterocycles. The van der Waals surface area contributed by atoms with E-state index in [0.29, 0.717) is 6.42 Å². The average Bonchev–Trinajstić information content (AvgIpc) is 2.59. The van der Waals surface area contributed by atoms with Gasteiger partial charge < -0.3 is 5.73 Å². The smallest absolute Gasteiger partial charge is 0.0992 e. The van der Waals surface area contributed by atoms with Gasteiger partial charge in [-0.05, 0) is 12.1 Å². The molecule has 1 atom stereocenters. The van der Waals surface area contributed by atoms with Crippen LogP contribution < -0.4 is 5.73 Å². The zero-order valence-corrected chi connectivity index (χ0v) is 8.29. The first kappa shape index (κ1) is 9.13. The Hall–Kier alpha value is -1.44. The summed E-state index contributed by atoms with van der Waals surface area (Å²) in [6.07, 6.45) is 0.538. The van der Waals surface area contributed by atoms with Gasteiger partial charge in [0.2, 0.25) is 0 Å². The predicted molar refractivity (Wildman–Crippen MR) is 56.9 cm³/mol. The lowest BCUT2D eigenvalue weighted by molar-refractivity contribution is 0.818. The molecule has 0 saturated carbocycles. The molecule has 0 bridgehead atoms. The second-order valence-corrected chi connectivity index (χ2v) is 4.13. The second-order valence-electron chi connectivity index (χ2n) is 3.02. The molecular weight excluding hydrogens is 194 g/mol. The molecule has 1 heterocycles. The van der Waals surface area contributed by atoms with Crippen molar-refractivity contribution in [3.63, 3.8) is 0 Å². The molecule has 14 heavy (non-hydrogen) atoms. The van der Waals surface area contributed by atoms with Crippen molar-refractivity contribution in [1.29, 1.82) is 5.26 Å². The summed E-state index contributed by atoms with van der Waals surface area (Å²) in [4.78, 5) is 4.39. The molecule has 0 unspecified atom stereocenters. The van der Waals surface area contributed by atoms with Crippen molar-refractivity contribution in [3.05, 3.63) is 29.3 Å². The number of nitrogens with zero attached hydrogens (tertiary/aromatic N) is 2. The van der Waals surface area contributed by atoms with Crippen LogP contribution in [0.5, 0.6) is 0 Å². The molecule has 2 aromatic rings. The molecule has 2 rings (SSSR count). The molecule has 0 saturated heterocycles. The summed E-state index contributed by atoms with van der Waals surface area (Å²) in [5.74, 6) is 0. The number of para-hydroxylation sites is 1. The lowest BCUT2D eigenvalue weighted by Gasteiger charge is -1.95. The largest absolute Gasteiger partial charge is 0.316 e. The van der Waals surface area contributed by atoms with E-state index in [9.17, 15) is 0 Å². The SMILES string of the molecule is N#C[C@@H](N)Cc1nc2ccccc2s1. The van der Waals surface area contributed by atoms with E-state index in [1.54, 1.807) is 11.3 Å². The fraction of sp³-hybridized carbons (Fsp3) is 0.200. The highest BCUT2D eigenvalue weighted by Gasteiger charge is 2.07. The lowest BCUT2D eigenvalue weighted by Crippen LogP contribution is -2.19. The number of aromatic nitrogens is 1. The van der Waals surface area contributed by atoms with Gasteiger partial charge in [-0.1, -0.05) is 12.1 Å². The van der Waals surface area contributed by atoms with Crippen LogP contribution in [0.3, 0.4) is 0 Å². The predicted octanol–water partition coefficient (Wildman–Crippen LogP) is 1.69. The fourth-order valence-electron chi connectivity index (χ4n) is 1.24. The molecule has 0 fully saturated rings. The Morgan fingerprint density at radius 2 is 2.29 bits per heavy atom. The summed E-state index contributed by atoms with van der Waals surface area (Å²) in [5.41, 5.74) is 6.52. The number of fused-ring (bicyclic) bond motifs is 1. The van der Waals surface area contributed by atoms with Crippen molar-refractivity contribution in [1.82, 2.24) is 4.98 Å². The van der Waals surface area contributed by atoms with Gasteiger partial charge in [-0.25, -0.2) is 4.98 Å². The minimum Gasteiger partial charge on any atom is -0.316 e. The summed E-state index contributed by atoms with van der Waals surface area (Å²) in [6, 6.07) is 9.48. The monoisotopic (exact) mass is 203 g/mol. The molecule has 0 aliphatic rings. The Morgan fingerprint density at radius 3 is 3.00 bits per heavy atom. The second kappa shape index (κ2) is 3.74. The molecule has 0 amide bonds. The van der Waals surface area contributed by atoms with Crippen molar-refractivity contribution in [2.75, 3.05) is 0 Å². The van der Waals surface area contributed by atoms with Crippen molar-refractivity contribution in [2.45, 2.75) is 12.5 Å². The molecule has 0 spiro atoms. The molecule has 2 N–H and O–H groups in total. The molecule has 1 aromatic carbocycles. The van der Waals surface area contributed by atoms with Gasteiger partial charge in [-0.3, -0.25) is 0 Å². The topological polar surface area (TPSA) is 62.7 Å². The van der Waals surface area contributed by atoms with Gasteiger partial charge >= 0.3 is 0 Å². The Morgan fingerprint density at radius 1 is 1.50 bits per heavy atom. The highest BCUT2D eigenvalue weighted by molar-refractivity contribution is 7.18. The lowest BCUT2D eigenvalue weighted by atomic mass is 10.2. The third kappa shape index (κ3) is 1.74. The Bertz CT molecular complexity index is 450. The minimum absolute atomic E-state index is 0.449. The molecule has 3 nitrogen and oxygen atoms in total. The van der Waals surface area contributed by atoms with E-state index >= 15 is 0 Å². The summed E-state index contributed by atoms with van der Waals surface area (Å²) in [5, 5.41) is 9.50. The van der Waals surface area contributed by atoms with Crippen LogP contribution in [0.1, 0.15) is 5.01 Å². The van der Waals surface area contributed by atoms with E-state index in [2.05, 4.69) is 4.98 Å². The van der Waals surface area contributed by atoms with Gasteiger partial charge in [-0.2, -0.15) is 5.26 Å². The third-order valence-electron chi connectivity index (χ3n) is 1.90. The van der Waals surface area contributed by atoms with E-state index in [0.717, 1.165) is 15.2 Å². The number of thiazole rings is 1. The molecule has 70 valence electrons. The van der Waals surface area contributed by atoms with Crippen molar-refractivity contribution in [2.24, 2.45) is 5.73 Å². The van der Waals surface area contributed by atoms with Gasteiger partial charge in [0.15, 0.2) is 0 Å². The van der Waals surface area contributed by atoms with Crippen molar-refractivity contribution >= 4 is 21.6 Å². The first-order valence-electron chi connectivity index (χ1n) is 4.29. The highest BCUT2D eigenvalue weighted by Crippen LogP contribution is 2.21. The highest BCUT2D eigenvalue weighted by atomic mass is 32.1. The first-order chi connectivity index (χ1) is 6.79. The van der Waals surface area contributed by atoms with Crippen LogP contribution in [0, 0.1) is 11.3 Å². The maximum Gasteiger partial charge on any atom is 0.0992 e. The van der Waals surface area contributed by atoms with Crippen LogP contribution in [-0.2, 0) is 6.42 Å². The minimum atomic E-state index is -0.449. The zero-order chi connectivity index (χ0) is 9.97. The van der Waals surface area contributed by atoms with Gasteiger partial charge in [0, 0.05) is 6.42 Å². The van der Waals surface area contributed by atoms with Crippen molar-refractivity contribution < 1.29 is 0 Å². The van der Waals surface area contributed by atoms with E-state index in [1.165, 1.54) is 0 Å². The summed E-state index contributed by atoms with van der Waals surface area (Å²) in [6.45, 7) is 0. The van der Waals surface area contributed by atoms with Crippen LogP contribution in [0.25, 0.3) is 10.2 Å². The number of hydrogen-bond acceptors (Lipinski definition) is 4. The maximum atomic E-state index is 8.57. The summed E-state index contributed by atoms with van der Waals surface area (Å²) >= 11 is 1.60. The standard InChI is InChI=1S/C10H9N3S/c11-6-7(12)5-10-13-8-3-1-2-4-9(8)14-10/h1-4,7H,5,12H2/t7-/m0/s1.